The molecule has 0 amide bonds. The van der Waals surface area contributed by atoms with E-state index in [1.54, 1.807) is 4.31 Å². The van der Waals surface area contributed by atoms with Gasteiger partial charge in [-0.2, -0.15) is 9.57 Å². The third-order valence-corrected chi connectivity index (χ3v) is 5.83. The zero-order valence-electron chi connectivity index (χ0n) is 12.1. The van der Waals surface area contributed by atoms with E-state index >= 15 is 0 Å². The number of nitriles is 1. The van der Waals surface area contributed by atoms with E-state index in [9.17, 15) is 8.42 Å². The van der Waals surface area contributed by atoms with Crippen LogP contribution in [0.25, 0.3) is 0 Å². The Balaban J connectivity index is 2.33. The first-order valence-electron chi connectivity index (χ1n) is 6.72. The summed E-state index contributed by atoms with van der Waals surface area (Å²) in [6.07, 6.45) is 1.73. The molecule has 21 heavy (non-hydrogen) atoms. The van der Waals surface area contributed by atoms with Gasteiger partial charge >= 0.3 is 0 Å². The first kappa shape index (κ1) is 16.2. The number of sulfonamides is 1. The first-order chi connectivity index (χ1) is 9.86. The summed E-state index contributed by atoms with van der Waals surface area (Å²) in [7, 11) is 0.296. The average molecular weight is 328 g/mol. The van der Waals surface area contributed by atoms with Gasteiger partial charge in [-0.3, -0.25) is 0 Å². The standard InChI is InChI=1S/C14H18ClN3O2S/c1-17(2)10-12-4-3-7-18(12)21(19,20)13-6-5-11(9-16)14(15)8-13/h5-6,8,12H,3-4,7,10H2,1-2H3. The largest absolute Gasteiger partial charge is 0.308 e. The van der Waals surface area contributed by atoms with Gasteiger partial charge in [0.25, 0.3) is 0 Å². The Kier molecular flexibility index (Phi) is 4.89. The highest BCUT2D eigenvalue weighted by atomic mass is 35.5. The number of nitrogens with zero attached hydrogens (tertiary/aromatic N) is 3. The second-order valence-electron chi connectivity index (χ2n) is 5.43. The highest BCUT2D eigenvalue weighted by Gasteiger charge is 2.35. The maximum Gasteiger partial charge on any atom is 0.243 e. The van der Waals surface area contributed by atoms with Crippen molar-refractivity contribution in [1.29, 1.82) is 5.26 Å². The lowest BCUT2D eigenvalue weighted by Gasteiger charge is -2.26. The number of rotatable bonds is 4. The predicted octanol–water partition coefficient (Wildman–Crippen LogP) is 1.93. The summed E-state index contributed by atoms with van der Waals surface area (Å²) >= 11 is 5.95. The van der Waals surface area contributed by atoms with Gasteiger partial charge in [0.1, 0.15) is 6.07 Å². The van der Waals surface area contributed by atoms with Gasteiger partial charge in [0.15, 0.2) is 0 Å². The monoisotopic (exact) mass is 327 g/mol. The fourth-order valence-corrected chi connectivity index (χ4v) is 4.61. The van der Waals surface area contributed by atoms with Crippen molar-refractivity contribution in [3.05, 3.63) is 28.8 Å². The molecule has 5 nitrogen and oxygen atoms in total. The smallest absolute Gasteiger partial charge is 0.243 e. The second-order valence-corrected chi connectivity index (χ2v) is 7.73. The average Bonchev–Trinajstić information content (AvgIpc) is 2.86. The third kappa shape index (κ3) is 3.38. The summed E-state index contributed by atoms with van der Waals surface area (Å²) in [5, 5.41) is 9.03. The highest BCUT2D eigenvalue weighted by molar-refractivity contribution is 7.89. The number of hydrogen-bond donors (Lipinski definition) is 0. The van der Waals surface area contributed by atoms with Crippen LogP contribution in [0.2, 0.25) is 5.02 Å². The SMILES string of the molecule is CN(C)CC1CCCN1S(=O)(=O)c1ccc(C#N)c(Cl)c1. The van der Waals surface area contributed by atoms with E-state index in [1.165, 1.54) is 18.2 Å². The fourth-order valence-electron chi connectivity index (χ4n) is 2.61. The molecule has 114 valence electrons. The molecule has 0 N–H and O–H groups in total. The molecule has 0 aromatic heterocycles. The molecular formula is C14H18ClN3O2S. The number of likely N-dealkylation sites (N-methyl/N-ethyl adjacent to an activating group) is 1. The Hall–Kier alpha value is -1.13. The van der Waals surface area contributed by atoms with Gasteiger partial charge in [-0.1, -0.05) is 11.6 Å². The van der Waals surface area contributed by atoms with Gasteiger partial charge in [0.05, 0.1) is 15.5 Å². The Labute approximate surface area is 130 Å². The van der Waals surface area contributed by atoms with Gasteiger partial charge in [-0.25, -0.2) is 8.42 Å². The van der Waals surface area contributed by atoms with Crippen LogP contribution in [0.3, 0.4) is 0 Å². The second kappa shape index (κ2) is 6.32. The maximum absolute atomic E-state index is 12.7. The van der Waals surface area contributed by atoms with E-state index in [4.69, 9.17) is 16.9 Å². The van der Waals surface area contributed by atoms with Gasteiger partial charge < -0.3 is 4.90 Å². The fraction of sp³-hybridized carbons (Fsp3) is 0.500. The molecule has 1 atom stereocenters. The minimum atomic E-state index is -3.57. The van der Waals surface area contributed by atoms with Gasteiger partial charge in [-0.15, -0.1) is 0 Å². The van der Waals surface area contributed by atoms with Gasteiger partial charge in [0.2, 0.25) is 10.0 Å². The molecule has 2 rings (SSSR count). The molecule has 7 heteroatoms. The van der Waals surface area contributed by atoms with Crippen molar-refractivity contribution >= 4 is 21.6 Å². The number of halogens is 1. The lowest BCUT2D eigenvalue weighted by Crippen LogP contribution is -2.41. The lowest BCUT2D eigenvalue weighted by molar-refractivity contribution is 0.291. The molecule has 0 radical (unpaired) electrons. The Morgan fingerprint density at radius 2 is 2.19 bits per heavy atom. The van der Waals surface area contributed by atoms with Crippen LogP contribution in [0.1, 0.15) is 18.4 Å². The topological polar surface area (TPSA) is 64.4 Å². The van der Waals surface area contributed by atoms with E-state index in [1.807, 2.05) is 25.1 Å². The summed E-state index contributed by atoms with van der Waals surface area (Å²) in [6.45, 7) is 1.22. The van der Waals surface area contributed by atoms with Crippen molar-refractivity contribution in [3.63, 3.8) is 0 Å². The van der Waals surface area contributed by atoms with Crippen LogP contribution in [0.4, 0.5) is 0 Å². The molecule has 1 fully saturated rings. The minimum Gasteiger partial charge on any atom is -0.308 e. The van der Waals surface area contributed by atoms with Crippen molar-refractivity contribution in [1.82, 2.24) is 9.21 Å². The molecule has 1 aromatic rings. The van der Waals surface area contributed by atoms with Crippen LogP contribution in [0.15, 0.2) is 23.1 Å². The van der Waals surface area contributed by atoms with E-state index < -0.39 is 10.0 Å². The van der Waals surface area contributed by atoms with Crippen LogP contribution >= 0.6 is 11.6 Å². The molecule has 1 heterocycles. The molecule has 1 aliphatic heterocycles. The van der Waals surface area contributed by atoms with Crippen LogP contribution in [-0.2, 0) is 10.0 Å². The molecule has 0 spiro atoms. The van der Waals surface area contributed by atoms with Crippen LogP contribution in [0.5, 0.6) is 0 Å². The summed E-state index contributed by atoms with van der Waals surface area (Å²) in [5.41, 5.74) is 0.280. The summed E-state index contributed by atoms with van der Waals surface area (Å²) in [6, 6.07) is 6.18. The van der Waals surface area contributed by atoms with Crippen LogP contribution in [0, 0.1) is 11.3 Å². The zero-order valence-corrected chi connectivity index (χ0v) is 13.7. The molecule has 1 saturated heterocycles. The van der Waals surface area contributed by atoms with Gasteiger partial charge in [0, 0.05) is 19.1 Å². The summed E-state index contributed by atoms with van der Waals surface area (Å²) in [4.78, 5) is 2.14. The van der Waals surface area contributed by atoms with E-state index in [0.29, 0.717) is 13.1 Å². The summed E-state index contributed by atoms with van der Waals surface area (Å²) in [5.74, 6) is 0. The van der Waals surface area contributed by atoms with Crippen molar-refractivity contribution < 1.29 is 8.42 Å². The molecule has 0 aliphatic carbocycles. The van der Waals surface area contributed by atoms with Crippen LogP contribution < -0.4 is 0 Å². The maximum atomic E-state index is 12.7. The Bertz CT molecular complexity index is 667. The van der Waals surface area contributed by atoms with Gasteiger partial charge in [-0.05, 0) is 45.1 Å². The molecular weight excluding hydrogens is 310 g/mol. The first-order valence-corrected chi connectivity index (χ1v) is 8.54. The van der Waals surface area contributed by atoms with E-state index in [0.717, 1.165) is 12.8 Å². The third-order valence-electron chi connectivity index (χ3n) is 3.57. The van der Waals surface area contributed by atoms with Crippen molar-refractivity contribution in [3.8, 4) is 6.07 Å². The number of hydrogen-bond acceptors (Lipinski definition) is 4. The van der Waals surface area contributed by atoms with Crippen molar-refractivity contribution in [2.24, 2.45) is 0 Å². The minimum absolute atomic E-state index is 0.0144. The molecule has 1 aromatic carbocycles. The van der Waals surface area contributed by atoms with E-state index in [-0.39, 0.29) is 21.5 Å². The molecule has 1 unspecified atom stereocenters. The zero-order chi connectivity index (χ0) is 15.6. The normalized spacial score (nSPS) is 19.9. The highest BCUT2D eigenvalue weighted by Crippen LogP contribution is 2.28. The molecule has 0 bridgehead atoms. The molecule has 1 aliphatic rings. The summed E-state index contributed by atoms with van der Waals surface area (Å²) < 4.78 is 27.0. The number of benzene rings is 1. The Morgan fingerprint density at radius 3 is 2.76 bits per heavy atom. The van der Waals surface area contributed by atoms with E-state index in [2.05, 4.69) is 0 Å². The lowest BCUT2D eigenvalue weighted by atomic mass is 10.2. The predicted molar refractivity (Wildman–Crippen MR) is 81.6 cm³/mol. The van der Waals surface area contributed by atoms with Crippen molar-refractivity contribution in [2.75, 3.05) is 27.2 Å². The van der Waals surface area contributed by atoms with Crippen LogP contribution in [-0.4, -0.2) is 50.8 Å². The quantitative estimate of drug-likeness (QED) is 0.847. The van der Waals surface area contributed by atoms with Crippen molar-refractivity contribution in [2.45, 2.75) is 23.8 Å². The molecule has 0 saturated carbocycles. The Morgan fingerprint density at radius 1 is 1.48 bits per heavy atom.